The first-order chi connectivity index (χ1) is 19.1. The Kier molecular flexibility index (Phi) is 9.67. The number of aryl methyl sites for hydroxylation is 1. The zero-order valence-electron chi connectivity index (χ0n) is 23.0. The van der Waals surface area contributed by atoms with Crippen LogP contribution in [0.2, 0.25) is 0 Å². The van der Waals surface area contributed by atoms with Crippen molar-refractivity contribution in [2.45, 2.75) is 31.1 Å². The highest BCUT2D eigenvalue weighted by Gasteiger charge is 2.29. The molecule has 214 valence electrons. The summed E-state index contributed by atoms with van der Waals surface area (Å²) in [6, 6.07) is 13.0. The summed E-state index contributed by atoms with van der Waals surface area (Å²) in [7, 11) is -0.116. The molecular formula is C28H36FN7O3S. The van der Waals surface area contributed by atoms with Gasteiger partial charge in [0.15, 0.2) is 0 Å². The van der Waals surface area contributed by atoms with Gasteiger partial charge in [-0.15, -0.1) is 0 Å². The number of carbonyl (C=O) groups excluding carboxylic acids is 1. The first-order valence-corrected chi connectivity index (χ1v) is 14.7. The Hall–Kier alpha value is -3.61. The third kappa shape index (κ3) is 7.74. The molecule has 1 saturated heterocycles. The predicted octanol–water partition coefficient (Wildman–Crippen LogP) is 3.88. The summed E-state index contributed by atoms with van der Waals surface area (Å²) in [5.41, 5.74) is 1.87. The van der Waals surface area contributed by atoms with Crippen molar-refractivity contribution in [2.24, 2.45) is 5.92 Å². The molecule has 0 radical (unpaired) electrons. The molecule has 0 spiro atoms. The largest absolute Gasteiger partial charge is 0.349 e. The monoisotopic (exact) mass is 569 g/mol. The summed E-state index contributed by atoms with van der Waals surface area (Å²) in [5.74, 6) is 1.06. The molecule has 3 N–H and O–H groups in total. The van der Waals surface area contributed by atoms with Crippen molar-refractivity contribution in [1.82, 2.24) is 24.5 Å². The van der Waals surface area contributed by atoms with Gasteiger partial charge in [0.05, 0.1) is 4.90 Å². The van der Waals surface area contributed by atoms with Crippen molar-refractivity contribution in [1.29, 1.82) is 0 Å². The number of amides is 1. The van der Waals surface area contributed by atoms with Crippen molar-refractivity contribution in [3.63, 3.8) is 0 Å². The molecule has 1 aromatic heterocycles. The molecule has 0 aliphatic carbocycles. The fourth-order valence-corrected chi connectivity index (χ4v) is 5.90. The number of piperidine rings is 1. The highest BCUT2D eigenvalue weighted by molar-refractivity contribution is 7.89. The molecule has 1 aliphatic rings. The number of carbonyl (C=O) groups is 1. The Labute approximate surface area is 235 Å². The summed E-state index contributed by atoms with van der Waals surface area (Å²) in [4.78, 5) is 22.2. The Morgan fingerprint density at radius 3 is 2.42 bits per heavy atom. The van der Waals surface area contributed by atoms with Crippen LogP contribution in [0, 0.1) is 18.7 Å². The molecule has 4 rings (SSSR count). The lowest BCUT2D eigenvalue weighted by Gasteiger charge is -2.31. The van der Waals surface area contributed by atoms with Gasteiger partial charge in [0, 0.05) is 57.7 Å². The van der Waals surface area contributed by atoms with E-state index >= 15 is 0 Å². The van der Waals surface area contributed by atoms with Crippen molar-refractivity contribution < 1.29 is 17.6 Å². The molecule has 0 saturated carbocycles. The van der Waals surface area contributed by atoms with E-state index in [0.29, 0.717) is 60.7 Å². The Bertz CT molecular complexity index is 1410. The number of hydrogen-bond donors (Lipinski definition) is 3. The summed E-state index contributed by atoms with van der Waals surface area (Å²) in [6.45, 7) is 4.02. The summed E-state index contributed by atoms with van der Waals surface area (Å²) in [5, 5.41) is 9.54. The van der Waals surface area contributed by atoms with Crippen LogP contribution in [0.3, 0.4) is 0 Å². The lowest BCUT2D eigenvalue weighted by atomic mass is 9.98. The lowest BCUT2D eigenvalue weighted by molar-refractivity contribution is -0.128. The summed E-state index contributed by atoms with van der Waals surface area (Å²) < 4.78 is 41.5. The number of hydrogen-bond acceptors (Lipinski definition) is 8. The quantitative estimate of drug-likeness (QED) is 0.298. The van der Waals surface area contributed by atoms with Crippen LogP contribution >= 0.6 is 0 Å². The van der Waals surface area contributed by atoms with Gasteiger partial charge in [-0.3, -0.25) is 4.79 Å². The Morgan fingerprint density at radius 1 is 1.05 bits per heavy atom. The van der Waals surface area contributed by atoms with Gasteiger partial charge >= 0.3 is 0 Å². The van der Waals surface area contributed by atoms with E-state index in [4.69, 9.17) is 0 Å². The minimum absolute atomic E-state index is 0.0876. The van der Waals surface area contributed by atoms with E-state index in [9.17, 15) is 17.6 Å². The van der Waals surface area contributed by atoms with E-state index in [2.05, 4.69) is 25.9 Å². The van der Waals surface area contributed by atoms with E-state index in [-0.39, 0.29) is 16.6 Å². The second-order valence-corrected chi connectivity index (χ2v) is 12.0. The number of anilines is 4. The molecule has 0 bridgehead atoms. The molecule has 0 unspecified atom stereocenters. The van der Waals surface area contributed by atoms with Gasteiger partial charge in [0.2, 0.25) is 21.9 Å². The smallest absolute Gasteiger partial charge is 0.243 e. The maximum absolute atomic E-state index is 13.5. The second kappa shape index (κ2) is 13.2. The maximum atomic E-state index is 13.5. The Morgan fingerprint density at radius 2 is 1.75 bits per heavy atom. The first-order valence-electron chi connectivity index (χ1n) is 13.3. The van der Waals surface area contributed by atoms with Gasteiger partial charge in [-0.1, -0.05) is 0 Å². The fraction of sp³-hybridized carbons (Fsp3) is 0.393. The Balaban J connectivity index is 1.29. The van der Waals surface area contributed by atoms with Crippen LogP contribution in [-0.4, -0.2) is 73.8 Å². The number of sulfonamides is 1. The molecule has 0 atom stereocenters. The highest BCUT2D eigenvalue weighted by atomic mass is 32.2. The molecule has 2 heterocycles. The van der Waals surface area contributed by atoms with Crippen LogP contribution in [0.25, 0.3) is 0 Å². The summed E-state index contributed by atoms with van der Waals surface area (Å²) in [6.07, 6.45) is 3.59. The van der Waals surface area contributed by atoms with Crippen LogP contribution in [0.1, 0.15) is 24.8 Å². The topological polar surface area (TPSA) is 120 Å². The third-order valence-corrected chi connectivity index (χ3v) is 8.77. The molecule has 3 aromatic rings. The minimum atomic E-state index is -3.60. The standard InChI is InChI=1S/C28H36FN7O3S/c1-20-18-23(6-9-25(20)29)32-26-10-15-31-28(34-26)33-22-4-7-24(8-5-22)40(38,39)36-16-12-21(13-17-36)19-30-14-11-27(37)35(2)3/h4-10,15,18,21,30H,11-14,16-17,19H2,1-3H3,(H2,31,32,33,34). The zero-order chi connectivity index (χ0) is 28.7. The van der Waals surface area contributed by atoms with Crippen molar-refractivity contribution >= 4 is 39.1 Å². The number of nitrogens with one attached hydrogen (secondary N) is 3. The van der Waals surface area contributed by atoms with Gasteiger partial charge in [-0.2, -0.15) is 9.29 Å². The van der Waals surface area contributed by atoms with Crippen molar-refractivity contribution in [3.8, 4) is 0 Å². The molecule has 1 aliphatic heterocycles. The molecule has 12 heteroatoms. The van der Waals surface area contributed by atoms with Crippen molar-refractivity contribution in [2.75, 3.05) is 50.9 Å². The number of halogens is 1. The van der Waals surface area contributed by atoms with E-state index in [1.807, 2.05) is 0 Å². The number of nitrogens with zero attached hydrogens (tertiary/aromatic N) is 4. The maximum Gasteiger partial charge on any atom is 0.243 e. The van der Waals surface area contributed by atoms with E-state index in [1.54, 1.807) is 74.6 Å². The highest BCUT2D eigenvalue weighted by Crippen LogP contribution is 2.25. The van der Waals surface area contributed by atoms with Crippen LogP contribution in [-0.2, 0) is 14.8 Å². The third-order valence-electron chi connectivity index (χ3n) is 6.86. The van der Waals surface area contributed by atoms with Crippen LogP contribution in [0.15, 0.2) is 59.6 Å². The van der Waals surface area contributed by atoms with Gasteiger partial charge in [0.1, 0.15) is 11.6 Å². The van der Waals surface area contributed by atoms with Crippen LogP contribution < -0.4 is 16.0 Å². The van der Waals surface area contributed by atoms with Gasteiger partial charge < -0.3 is 20.9 Å². The molecule has 1 fully saturated rings. The molecule has 10 nitrogen and oxygen atoms in total. The number of benzene rings is 2. The first kappa shape index (κ1) is 29.4. The molecule has 1 amide bonds. The molecule has 40 heavy (non-hydrogen) atoms. The van der Waals surface area contributed by atoms with Crippen LogP contribution in [0.5, 0.6) is 0 Å². The van der Waals surface area contributed by atoms with E-state index < -0.39 is 10.0 Å². The number of rotatable bonds is 11. The van der Waals surface area contributed by atoms with Gasteiger partial charge in [-0.05, 0) is 86.3 Å². The van der Waals surface area contributed by atoms with E-state index in [0.717, 1.165) is 19.4 Å². The second-order valence-electron chi connectivity index (χ2n) is 10.1. The zero-order valence-corrected chi connectivity index (χ0v) is 23.8. The predicted molar refractivity (Wildman–Crippen MR) is 154 cm³/mol. The minimum Gasteiger partial charge on any atom is -0.349 e. The lowest BCUT2D eigenvalue weighted by Crippen LogP contribution is -2.41. The molecular weight excluding hydrogens is 533 g/mol. The fourth-order valence-electron chi connectivity index (χ4n) is 4.43. The van der Waals surface area contributed by atoms with Gasteiger partial charge in [0.25, 0.3) is 0 Å². The molecule has 2 aromatic carbocycles. The van der Waals surface area contributed by atoms with Gasteiger partial charge in [-0.25, -0.2) is 17.8 Å². The van der Waals surface area contributed by atoms with Crippen LogP contribution in [0.4, 0.5) is 27.5 Å². The SMILES string of the molecule is Cc1cc(Nc2ccnc(Nc3ccc(S(=O)(=O)N4CCC(CNCCC(=O)N(C)C)CC4)cc3)n2)ccc1F. The average Bonchev–Trinajstić information content (AvgIpc) is 2.94. The average molecular weight is 570 g/mol. The normalized spacial score (nSPS) is 14.6. The summed E-state index contributed by atoms with van der Waals surface area (Å²) >= 11 is 0. The number of aromatic nitrogens is 2. The van der Waals surface area contributed by atoms with E-state index in [1.165, 1.54) is 10.4 Å². The van der Waals surface area contributed by atoms with Crippen molar-refractivity contribution in [3.05, 3.63) is 66.1 Å².